The Balaban J connectivity index is 1.25. The van der Waals surface area contributed by atoms with Gasteiger partial charge in [-0.05, 0) is 49.2 Å². The van der Waals surface area contributed by atoms with Crippen LogP contribution >= 0.6 is 0 Å². The molecule has 156 valence electrons. The van der Waals surface area contributed by atoms with Crippen LogP contribution in [0.15, 0.2) is 54.9 Å². The normalized spacial score (nSPS) is 11.2. The van der Waals surface area contributed by atoms with Crippen molar-refractivity contribution in [1.82, 2.24) is 24.9 Å². The summed E-state index contributed by atoms with van der Waals surface area (Å²) < 4.78 is 5.42. The van der Waals surface area contributed by atoms with E-state index in [1.807, 2.05) is 49.5 Å². The predicted octanol–water partition coefficient (Wildman–Crippen LogP) is 4.55. The van der Waals surface area contributed by atoms with E-state index in [0.29, 0.717) is 12.5 Å². The quantitative estimate of drug-likeness (QED) is 0.312. The summed E-state index contributed by atoms with van der Waals surface area (Å²) >= 11 is 0. The average molecular weight is 413 g/mol. The largest absolute Gasteiger partial charge is 0.495 e. The van der Waals surface area contributed by atoms with Gasteiger partial charge in [-0.15, -0.1) is 0 Å². The SMILES string of the molecule is COc1cccc2c(CCNc3nccc(Nc4ccc5nc(C)[nH]c5c4)n3)c[nH]c12. The molecule has 0 atom stereocenters. The minimum absolute atomic E-state index is 0.584. The molecule has 0 aliphatic heterocycles. The van der Waals surface area contributed by atoms with Gasteiger partial charge in [-0.2, -0.15) is 4.98 Å². The Kier molecular flexibility index (Phi) is 4.87. The van der Waals surface area contributed by atoms with E-state index in [1.165, 1.54) is 10.9 Å². The zero-order valence-corrected chi connectivity index (χ0v) is 17.4. The number of H-pyrrole nitrogens is 2. The van der Waals surface area contributed by atoms with Gasteiger partial charge < -0.3 is 25.3 Å². The standard InChI is InChI=1S/C23H23N7O/c1-14-27-18-7-6-16(12-19(18)28-14)29-21-9-11-25-23(30-21)24-10-8-15-13-26-22-17(15)4-3-5-20(22)31-2/h3-7,9,11-13,26H,8,10H2,1-2H3,(H,27,28)(H2,24,25,29,30). The van der Waals surface area contributed by atoms with Crippen molar-refractivity contribution in [3.63, 3.8) is 0 Å². The summed E-state index contributed by atoms with van der Waals surface area (Å²) in [6.45, 7) is 2.66. The first-order valence-corrected chi connectivity index (χ1v) is 10.1. The fourth-order valence-corrected chi connectivity index (χ4v) is 3.75. The smallest absolute Gasteiger partial charge is 0.224 e. The number of benzene rings is 2. The zero-order valence-electron chi connectivity index (χ0n) is 17.4. The minimum atomic E-state index is 0.584. The van der Waals surface area contributed by atoms with Crippen LogP contribution in [0.3, 0.4) is 0 Å². The summed E-state index contributed by atoms with van der Waals surface area (Å²) in [5.41, 5.74) is 5.12. The van der Waals surface area contributed by atoms with Crippen molar-refractivity contribution in [3.05, 3.63) is 66.2 Å². The molecule has 8 nitrogen and oxygen atoms in total. The number of nitrogens with one attached hydrogen (secondary N) is 4. The number of aryl methyl sites for hydroxylation is 1. The number of methoxy groups -OCH3 is 1. The third-order valence-corrected chi connectivity index (χ3v) is 5.19. The highest BCUT2D eigenvalue weighted by Gasteiger charge is 2.08. The first-order chi connectivity index (χ1) is 15.2. The van der Waals surface area contributed by atoms with E-state index < -0.39 is 0 Å². The van der Waals surface area contributed by atoms with Gasteiger partial charge in [-0.1, -0.05) is 12.1 Å². The van der Waals surface area contributed by atoms with E-state index in [-0.39, 0.29) is 0 Å². The van der Waals surface area contributed by atoms with Crippen molar-refractivity contribution in [2.45, 2.75) is 13.3 Å². The number of aromatic amines is 2. The maximum atomic E-state index is 5.42. The highest BCUT2D eigenvalue weighted by Crippen LogP contribution is 2.27. The molecule has 3 heterocycles. The molecule has 2 aromatic carbocycles. The number of aromatic nitrogens is 5. The first-order valence-electron chi connectivity index (χ1n) is 10.1. The molecule has 31 heavy (non-hydrogen) atoms. The Morgan fingerprint density at radius 3 is 2.94 bits per heavy atom. The number of ether oxygens (including phenoxy) is 1. The van der Waals surface area contributed by atoms with Crippen LogP contribution in [0.25, 0.3) is 21.9 Å². The third kappa shape index (κ3) is 3.87. The lowest BCUT2D eigenvalue weighted by Gasteiger charge is -2.08. The van der Waals surface area contributed by atoms with Crippen LogP contribution in [0, 0.1) is 6.92 Å². The van der Waals surface area contributed by atoms with Crippen LogP contribution in [0.1, 0.15) is 11.4 Å². The van der Waals surface area contributed by atoms with Crippen LogP contribution in [-0.2, 0) is 6.42 Å². The number of imidazole rings is 1. The van der Waals surface area contributed by atoms with Gasteiger partial charge in [-0.25, -0.2) is 9.97 Å². The lowest BCUT2D eigenvalue weighted by molar-refractivity contribution is 0.419. The number of hydrogen-bond acceptors (Lipinski definition) is 6. The highest BCUT2D eigenvalue weighted by molar-refractivity contribution is 5.88. The molecule has 0 aliphatic rings. The summed E-state index contributed by atoms with van der Waals surface area (Å²) in [5, 5.41) is 7.81. The maximum absolute atomic E-state index is 5.42. The summed E-state index contributed by atoms with van der Waals surface area (Å²) in [7, 11) is 1.68. The van der Waals surface area contributed by atoms with Crippen molar-refractivity contribution in [2.75, 3.05) is 24.3 Å². The van der Waals surface area contributed by atoms with Gasteiger partial charge in [0, 0.05) is 30.0 Å². The molecule has 0 unspecified atom stereocenters. The number of anilines is 3. The molecule has 0 amide bonds. The molecular formula is C23H23N7O. The molecule has 0 radical (unpaired) electrons. The number of rotatable bonds is 7. The zero-order chi connectivity index (χ0) is 21.2. The molecular weight excluding hydrogens is 390 g/mol. The minimum Gasteiger partial charge on any atom is -0.495 e. The van der Waals surface area contributed by atoms with Gasteiger partial charge in [0.25, 0.3) is 0 Å². The predicted molar refractivity (Wildman–Crippen MR) is 123 cm³/mol. The van der Waals surface area contributed by atoms with Crippen LogP contribution < -0.4 is 15.4 Å². The Hall–Kier alpha value is -4.07. The lowest BCUT2D eigenvalue weighted by atomic mass is 10.1. The summed E-state index contributed by atoms with van der Waals surface area (Å²) in [4.78, 5) is 19.9. The maximum Gasteiger partial charge on any atom is 0.224 e. The first kappa shape index (κ1) is 18.9. The van der Waals surface area contributed by atoms with Gasteiger partial charge in [0.2, 0.25) is 5.95 Å². The lowest BCUT2D eigenvalue weighted by Crippen LogP contribution is -2.08. The molecule has 0 aliphatic carbocycles. The van der Waals surface area contributed by atoms with Crippen LogP contribution in [0.4, 0.5) is 17.5 Å². The van der Waals surface area contributed by atoms with Crippen molar-refractivity contribution in [1.29, 1.82) is 0 Å². The number of para-hydroxylation sites is 1. The fraction of sp³-hybridized carbons (Fsp3) is 0.174. The van der Waals surface area contributed by atoms with Gasteiger partial charge in [0.1, 0.15) is 17.4 Å². The number of fused-ring (bicyclic) bond motifs is 2. The molecule has 3 aromatic heterocycles. The third-order valence-electron chi connectivity index (χ3n) is 5.19. The number of hydrogen-bond donors (Lipinski definition) is 4. The molecule has 5 rings (SSSR count). The van der Waals surface area contributed by atoms with E-state index in [2.05, 4.69) is 41.6 Å². The van der Waals surface area contributed by atoms with E-state index >= 15 is 0 Å². The Morgan fingerprint density at radius 2 is 2.03 bits per heavy atom. The fourth-order valence-electron chi connectivity index (χ4n) is 3.75. The molecule has 0 saturated carbocycles. The second-order valence-electron chi connectivity index (χ2n) is 7.32. The monoisotopic (exact) mass is 413 g/mol. The molecule has 0 fully saturated rings. The average Bonchev–Trinajstić information content (AvgIpc) is 3.36. The van der Waals surface area contributed by atoms with Crippen molar-refractivity contribution in [2.24, 2.45) is 0 Å². The van der Waals surface area contributed by atoms with Crippen molar-refractivity contribution in [3.8, 4) is 5.75 Å². The molecule has 8 heteroatoms. The second-order valence-corrected chi connectivity index (χ2v) is 7.32. The van der Waals surface area contributed by atoms with Gasteiger partial charge >= 0.3 is 0 Å². The molecule has 0 saturated heterocycles. The van der Waals surface area contributed by atoms with E-state index in [4.69, 9.17) is 4.74 Å². The van der Waals surface area contributed by atoms with Crippen molar-refractivity contribution >= 4 is 39.4 Å². The van der Waals surface area contributed by atoms with E-state index in [9.17, 15) is 0 Å². The highest BCUT2D eigenvalue weighted by atomic mass is 16.5. The Labute approximate surface area is 179 Å². The molecule has 5 aromatic rings. The van der Waals surface area contributed by atoms with E-state index in [1.54, 1.807) is 13.3 Å². The molecule has 4 N–H and O–H groups in total. The van der Waals surface area contributed by atoms with Gasteiger partial charge in [-0.3, -0.25) is 0 Å². The second kappa shape index (κ2) is 7.98. The summed E-state index contributed by atoms with van der Waals surface area (Å²) in [6, 6.07) is 13.9. The summed E-state index contributed by atoms with van der Waals surface area (Å²) in [6.07, 6.45) is 4.61. The molecule has 0 spiro atoms. The van der Waals surface area contributed by atoms with Crippen LogP contribution in [-0.4, -0.2) is 38.6 Å². The van der Waals surface area contributed by atoms with Gasteiger partial charge in [0.05, 0.1) is 23.7 Å². The Bertz CT molecular complexity index is 1350. The topological polar surface area (TPSA) is 104 Å². The van der Waals surface area contributed by atoms with E-state index in [0.717, 1.165) is 46.1 Å². The van der Waals surface area contributed by atoms with Crippen LogP contribution in [0.2, 0.25) is 0 Å². The number of nitrogens with zero attached hydrogens (tertiary/aromatic N) is 3. The Morgan fingerprint density at radius 1 is 1.10 bits per heavy atom. The molecule has 0 bridgehead atoms. The van der Waals surface area contributed by atoms with Crippen molar-refractivity contribution < 1.29 is 4.74 Å². The van der Waals surface area contributed by atoms with Gasteiger partial charge in [0.15, 0.2) is 0 Å². The van der Waals surface area contributed by atoms with Crippen LogP contribution in [0.5, 0.6) is 5.75 Å². The summed E-state index contributed by atoms with van der Waals surface area (Å²) in [5.74, 6) is 3.06.